The number of carbonyl (C=O) groups is 1. The average molecular weight is 537 g/mol. The summed E-state index contributed by atoms with van der Waals surface area (Å²) in [7, 11) is -3.67. The summed E-state index contributed by atoms with van der Waals surface area (Å²) in [4.78, 5) is 12.4. The number of sulfonamides is 1. The summed E-state index contributed by atoms with van der Waals surface area (Å²) in [6, 6.07) is 15.6. The first-order valence-electron chi connectivity index (χ1n) is 10.5. The van der Waals surface area contributed by atoms with Crippen molar-refractivity contribution >= 4 is 39.0 Å². The summed E-state index contributed by atoms with van der Waals surface area (Å²) < 4.78 is 67.2. The van der Waals surface area contributed by atoms with E-state index in [4.69, 9.17) is 0 Å². The molecule has 1 amide bonds. The van der Waals surface area contributed by atoms with Gasteiger partial charge in [-0.15, -0.1) is 10.2 Å². The summed E-state index contributed by atoms with van der Waals surface area (Å²) in [6.07, 6.45) is -4.29. The molecule has 0 saturated carbocycles. The van der Waals surface area contributed by atoms with Crippen molar-refractivity contribution in [1.82, 2.24) is 24.5 Å². The van der Waals surface area contributed by atoms with Gasteiger partial charge in [-0.1, -0.05) is 36.0 Å². The van der Waals surface area contributed by atoms with Crippen LogP contribution in [0.3, 0.4) is 0 Å². The van der Waals surface area contributed by atoms with Crippen LogP contribution in [0.4, 0.5) is 18.9 Å². The summed E-state index contributed by atoms with van der Waals surface area (Å²) in [6.45, 7) is 0.0659. The van der Waals surface area contributed by atoms with Gasteiger partial charge in [-0.25, -0.2) is 13.1 Å². The Balaban J connectivity index is 1.36. The van der Waals surface area contributed by atoms with Crippen LogP contribution in [0.15, 0.2) is 76.7 Å². The van der Waals surface area contributed by atoms with Crippen LogP contribution in [0.25, 0.3) is 5.65 Å². The first-order chi connectivity index (χ1) is 17.1. The van der Waals surface area contributed by atoms with Gasteiger partial charge in [-0.05, 0) is 42.5 Å². The van der Waals surface area contributed by atoms with Gasteiger partial charge in [0.2, 0.25) is 15.9 Å². The highest BCUT2D eigenvalue weighted by Crippen LogP contribution is 2.30. The highest BCUT2D eigenvalue weighted by molar-refractivity contribution is 7.99. The highest BCUT2D eigenvalue weighted by atomic mass is 32.2. The van der Waals surface area contributed by atoms with Gasteiger partial charge in [0, 0.05) is 18.7 Å². The number of rotatable bonds is 9. The molecular formula is C22H19F3N6O3S2. The fourth-order valence-corrected chi connectivity index (χ4v) is 4.85. The molecule has 0 radical (unpaired) electrons. The molecule has 0 atom stereocenters. The van der Waals surface area contributed by atoms with Crippen LogP contribution < -0.4 is 10.0 Å². The smallest absolute Gasteiger partial charge is 0.325 e. The molecule has 4 rings (SSSR count). The Labute approximate surface area is 208 Å². The fourth-order valence-electron chi connectivity index (χ4n) is 3.14. The molecule has 0 saturated heterocycles. The van der Waals surface area contributed by atoms with Crippen molar-refractivity contribution in [2.75, 3.05) is 17.6 Å². The average Bonchev–Trinajstić information content (AvgIpc) is 3.25. The number of alkyl halides is 3. The molecule has 9 nitrogen and oxygen atoms in total. The topological polar surface area (TPSA) is 118 Å². The predicted molar refractivity (Wildman–Crippen MR) is 127 cm³/mol. The third kappa shape index (κ3) is 6.38. The Morgan fingerprint density at radius 3 is 2.53 bits per heavy atom. The van der Waals surface area contributed by atoms with Crippen LogP contribution in [0, 0.1) is 0 Å². The van der Waals surface area contributed by atoms with E-state index in [1.807, 2.05) is 0 Å². The van der Waals surface area contributed by atoms with Crippen molar-refractivity contribution < 1.29 is 26.4 Å². The number of hydrogen-bond acceptors (Lipinski definition) is 7. The van der Waals surface area contributed by atoms with Gasteiger partial charge in [-0.2, -0.15) is 22.8 Å². The molecule has 188 valence electrons. The van der Waals surface area contributed by atoms with Gasteiger partial charge < -0.3 is 5.32 Å². The summed E-state index contributed by atoms with van der Waals surface area (Å²) in [5, 5.41) is 15.3. The molecule has 0 unspecified atom stereocenters. The molecule has 0 fully saturated rings. The molecular weight excluding hydrogens is 517 g/mol. The van der Waals surface area contributed by atoms with Crippen molar-refractivity contribution in [1.29, 1.82) is 0 Å². The second kappa shape index (κ2) is 10.6. The SMILES string of the molecule is O=C(CSc1ccc2nnc(CCNS(=O)(=O)c3ccccc3)n2n1)Nc1cccc(C(F)(F)F)c1. The van der Waals surface area contributed by atoms with E-state index >= 15 is 0 Å². The Morgan fingerprint density at radius 2 is 1.78 bits per heavy atom. The highest BCUT2D eigenvalue weighted by Gasteiger charge is 2.30. The second-order valence-corrected chi connectivity index (χ2v) is 10.2. The lowest BCUT2D eigenvalue weighted by atomic mass is 10.2. The molecule has 2 aromatic heterocycles. The van der Waals surface area contributed by atoms with E-state index in [9.17, 15) is 26.4 Å². The molecule has 36 heavy (non-hydrogen) atoms. The zero-order chi connectivity index (χ0) is 25.8. The van der Waals surface area contributed by atoms with Crippen LogP contribution in [0.2, 0.25) is 0 Å². The second-order valence-electron chi connectivity index (χ2n) is 7.43. The van der Waals surface area contributed by atoms with Crippen molar-refractivity contribution in [3.63, 3.8) is 0 Å². The summed E-state index contributed by atoms with van der Waals surface area (Å²) in [5.74, 6) is -0.180. The Morgan fingerprint density at radius 1 is 1.00 bits per heavy atom. The van der Waals surface area contributed by atoms with Crippen LogP contribution in [0.5, 0.6) is 0 Å². The molecule has 2 N–H and O–H groups in total. The molecule has 2 heterocycles. The minimum absolute atomic E-state index is 0.0397. The third-order valence-electron chi connectivity index (χ3n) is 4.82. The maximum atomic E-state index is 12.9. The lowest BCUT2D eigenvalue weighted by molar-refractivity contribution is -0.137. The summed E-state index contributed by atoms with van der Waals surface area (Å²) in [5.41, 5.74) is -0.377. The largest absolute Gasteiger partial charge is 0.416 e. The molecule has 2 aromatic carbocycles. The van der Waals surface area contributed by atoms with E-state index in [-0.39, 0.29) is 29.3 Å². The number of benzene rings is 2. The monoisotopic (exact) mass is 536 g/mol. The number of nitrogens with one attached hydrogen (secondary N) is 2. The lowest BCUT2D eigenvalue weighted by Gasteiger charge is -2.09. The van der Waals surface area contributed by atoms with Crippen LogP contribution in [-0.2, 0) is 27.4 Å². The lowest BCUT2D eigenvalue weighted by Crippen LogP contribution is -2.26. The third-order valence-corrected chi connectivity index (χ3v) is 7.22. The number of carbonyl (C=O) groups excluding carboxylic acids is 1. The maximum Gasteiger partial charge on any atom is 0.416 e. The Bertz CT molecular complexity index is 1480. The standard InChI is InChI=1S/C22H19F3N6O3S2/c23-22(24,25)15-5-4-6-16(13-15)27-20(32)14-35-21-10-9-18-28-29-19(31(18)30-21)11-12-26-36(33,34)17-7-2-1-3-8-17/h1-10,13,26H,11-12,14H2,(H,27,32). The normalized spacial score (nSPS) is 12.1. The number of hydrogen-bond donors (Lipinski definition) is 2. The number of amides is 1. The quantitative estimate of drug-likeness (QED) is 0.315. The van der Waals surface area contributed by atoms with Crippen LogP contribution in [-0.4, -0.2) is 46.4 Å². The molecule has 0 bridgehead atoms. The van der Waals surface area contributed by atoms with E-state index in [2.05, 4.69) is 25.3 Å². The number of halogens is 3. The fraction of sp³-hybridized carbons (Fsp3) is 0.182. The first kappa shape index (κ1) is 25.6. The van der Waals surface area contributed by atoms with Crippen molar-refractivity contribution in [2.24, 2.45) is 0 Å². The van der Waals surface area contributed by atoms with Crippen LogP contribution in [0.1, 0.15) is 11.4 Å². The molecule has 4 aromatic rings. The zero-order valence-corrected chi connectivity index (χ0v) is 20.1. The molecule has 0 spiro atoms. The van der Waals surface area contributed by atoms with E-state index in [1.54, 1.807) is 30.3 Å². The van der Waals surface area contributed by atoms with Gasteiger partial charge >= 0.3 is 6.18 Å². The van der Waals surface area contributed by atoms with Gasteiger partial charge in [0.05, 0.1) is 16.2 Å². The number of thioether (sulfide) groups is 1. The number of anilines is 1. The predicted octanol–water partition coefficient (Wildman–Crippen LogP) is 3.39. The molecule has 0 aliphatic heterocycles. The van der Waals surface area contributed by atoms with E-state index in [1.165, 1.54) is 28.8 Å². The first-order valence-corrected chi connectivity index (χ1v) is 12.9. The Kier molecular flexibility index (Phi) is 7.56. The van der Waals surface area contributed by atoms with Gasteiger partial charge in [0.25, 0.3) is 0 Å². The van der Waals surface area contributed by atoms with Gasteiger partial charge in [0.15, 0.2) is 11.5 Å². The molecule has 0 aliphatic carbocycles. The van der Waals surface area contributed by atoms with Gasteiger partial charge in [0.1, 0.15) is 5.03 Å². The molecule has 0 aliphatic rings. The maximum absolute atomic E-state index is 12.9. The van der Waals surface area contributed by atoms with E-state index in [0.29, 0.717) is 16.5 Å². The Hall–Kier alpha value is -3.49. The zero-order valence-electron chi connectivity index (χ0n) is 18.4. The van der Waals surface area contributed by atoms with E-state index < -0.39 is 27.7 Å². The van der Waals surface area contributed by atoms with E-state index in [0.717, 1.165) is 23.9 Å². The van der Waals surface area contributed by atoms with Crippen molar-refractivity contribution in [3.8, 4) is 0 Å². The minimum Gasteiger partial charge on any atom is -0.325 e. The van der Waals surface area contributed by atoms with Gasteiger partial charge in [-0.3, -0.25) is 4.79 Å². The van der Waals surface area contributed by atoms with Crippen LogP contribution >= 0.6 is 11.8 Å². The number of fused-ring (bicyclic) bond motifs is 1. The molecule has 14 heteroatoms. The van der Waals surface area contributed by atoms with Crippen molar-refractivity contribution in [3.05, 3.63) is 78.1 Å². The number of aromatic nitrogens is 4. The minimum atomic E-state index is -4.51. The number of nitrogens with zero attached hydrogens (tertiary/aromatic N) is 4. The van der Waals surface area contributed by atoms with Crippen molar-refractivity contribution in [2.45, 2.75) is 22.5 Å². The summed E-state index contributed by atoms with van der Waals surface area (Å²) >= 11 is 1.08.